The number of nitrogens with zero attached hydrogens (tertiary/aromatic N) is 2. The van der Waals surface area contributed by atoms with Crippen LogP contribution in [0.3, 0.4) is 0 Å². The van der Waals surface area contributed by atoms with Crippen molar-refractivity contribution in [3.05, 3.63) is 63.6 Å². The van der Waals surface area contributed by atoms with Crippen molar-refractivity contribution in [1.82, 2.24) is 10.2 Å². The Kier molecular flexibility index (Phi) is 6.95. The minimum absolute atomic E-state index is 0.122. The molecule has 1 aromatic heterocycles. The summed E-state index contributed by atoms with van der Waals surface area (Å²) in [6.45, 7) is 1.75. The molecule has 0 saturated carbocycles. The van der Waals surface area contributed by atoms with Gasteiger partial charge in [0, 0.05) is 15.8 Å². The highest BCUT2D eigenvalue weighted by molar-refractivity contribution is 8.00. The maximum atomic E-state index is 12.0. The van der Waals surface area contributed by atoms with Crippen LogP contribution in [0.5, 0.6) is 5.75 Å². The molecule has 0 aliphatic rings. The highest BCUT2D eigenvalue weighted by atomic mass is 35.5. The first-order valence-corrected chi connectivity index (χ1v) is 10.5. The topological polar surface area (TPSA) is 64.1 Å². The number of hydrogen-bond acceptors (Lipinski definition) is 6. The van der Waals surface area contributed by atoms with E-state index in [0.29, 0.717) is 21.7 Å². The predicted octanol–water partition coefficient (Wildman–Crippen LogP) is 5.46. The fourth-order valence-corrected chi connectivity index (χ4v) is 4.26. The smallest absolute Gasteiger partial charge is 0.264 e. The molecule has 27 heavy (non-hydrogen) atoms. The van der Waals surface area contributed by atoms with E-state index >= 15 is 0 Å². The van der Waals surface area contributed by atoms with Crippen LogP contribution in [-0.2, 0) is 10.5 Å². The van der Waals surface area contributed by atoms with Crippen molar-refractivity contribution in [1.29, 1.82) is 0 Å². The minimum Gasteiger partial charge on any atom is -0.484 e. The molecule has 1 heterocycles. The number of amides is 1. The Morgan fingerprint density at radius 3 is 2.78 bits per heavy atom. The lowest BCUT2D eigenvalue weighted by Gasteiger charge is -2.07. The lowest BCUT2D eigenvalue weighted by atomic mass is 10.2. The van der Waals surface area contributed by atoms with Gasteiger partial charge in [-0.05, 0) is 42.3 Å². The van der Waals surface area contributed by atoms with Gasteiger partial charge in [-0.15, -0.1) is 10.2 Å². The Balaban J connectivity index is 1.48. The molecule has 5 nitrogen and oxygen atoms in total. The van der Waals surface area contributed by atoms with Crippen LogP contribution in [0.25, 0.3) is 0 Å². The van der Waals surface area contributed by atoms with Crippen molar-refractivity contribution in [2.45, 2.75) is 17.0 Å². The first-order valence-electron chi connectivity index (χ1n) is 7.90. The highest BCUT2D eigenvalue weighted by Crippen LogP contribution is 2.30. The average molecular weight is 440 g/mol. The van der Waals surface area contributed by atoms with Gasteiger partial charge in [-0.1, -0.05) is 64.5 Å². The van der Waals surface area contributed by atoms with Gasteiger partial charge in [-0.2, -0.15) is 0 Å². The lowest BCUT2D eigenvalue weighted by Crippen LogP contribution is -2.20. The Hall–Kier alpha value is -1.80. The van der Waals surface area contributed by atoms with E-state index in [4.69, 9.17) is 27.9 Å². The minimum atomic E-state index is -0.304. The molecule has 0 unspecified atom stereocenters. The molecule has 3 rings (SSSR count). The zero-order valence-corrected chi connectivity index (χ0v) is 17.4. The summed E-state index contributed by atoms with van der Waals surface area (Å²) in [5, 5.41) is 12.5. The van der Waals surface area contributed by atoms with Gasteiger partial charge in [-0.25, -0.2) is 0 Å². The fourth-order valence-electron chi connectivity index (χ4n) is 2.08. The number of nitrogens with one attached hydrogen (secondary N) is 1. The number of halogens is 2. The number of thioether (sulfide) groups is 1. The summed E-state index contributed by atoms with van der Waals surface area (Å²) in [7, 11) is 0. The van der Waals surface area contributed by atoms with Crippen LogP contribution < -0.4 is 10.1 Å². The van der Waals surface area contributed by atoms with Crippen LogP contribution in [-0.4, -0.2) is 22.7 Å². The van der Waals surface area contributed by atoms with Crippen molar-refractivity contribution in [3.63, 3.8) is 0 Å². The first-order chi connectivity index (χ1) is 13.0. The van der Waals surface area contributed by atoms with Crippen molar-refractivity contribution < 1.29 is 9.53 Å². The van der Waals surface area contributed by atoms with Gasteiger partial charge in [-0.3, -0.25) is 10.1 Å². The molecule has 0 saturated heterocycles. The number of anilines is 1. The van der Waals surface area contributed by atoms with E-state index < -0.39 is 0 Å². The van der Waals surface area contributed by atoms with Crippen molar-refractivity contribution in [3.8, 4) is 5.75 Å². The first kappa shape index (κ1) is 19.9. The number of aromatic nitrogens is 2. The highest BCUT2D eigenvalue weighted by Gasteiger charge is 2.10. The molecule has 0 atom stereocenters. The molecule has 0 radical (unpaired) electrons. The predicted molar refractivity (Wildman–Crippen MR) is 111 cm³/mol. The van der Waals surface area contributed by atoms with Gasteiger partial charge in [0.1, 0.15) is 5.75 Å². The second kappa shape index (κ2) is 9.41. The third-order valence-corrected chi connectivity index (χ3v) is 6.27. The summed E-state index contributed by atoms with van der Waals surface area (Å²) in [4.78, 5) is 12.0. The van der Waals surface area contributed by atoms with Crippen LogP contribution in [0.15, 0.2) is 46.8 Å². The number of aryl methyl sites for hydroxylation is 1. The Morgan fingerprint density at radius 1 is 1.19 bits per heavy atom. The summed E-state index contributed by atoms with van der Waals surface area (Å²) in [5.74, 6) is 0.961. The summed E-state index contributed by atoms with van der Waals surface area (Å²) >= 11 is 14.9. The van der Waals surface area contributed by atoms with E-state index in [2.05, 4.69) is 15.5 Å². The maximum Gasteiger partial charge on any atom is 0.264 e. The van der Waals surface area contributed by atoms with Gasteiger partial charge in [0.2, 0.25) is 5.13 Å². The second-order valence-electron chi connectivity index (χ2n) is 5.50. The van der Waals surface area contributed by atoms with E-state index in [-0.39, 0.29) is 12.5 Å². The average Bonchev–Trinajstić information content (AvgIpc) is 3.09. The summed E-state index contributed by atoms with van der Waals surface area (Å²) in [6.07, 6.45) is 0. The van der Waals surface area contributed by atoms with Gasteiger partial charge >= 0.3 is 0 Å². The molecular weight excluding hydrogens is 425 g/mol. The molecule has 1 N–H and O–H groups in total. The Morgan fingerprint density at radius 2 is 2.00 bits per heavy atom. The molecule has 0 aliphatic carbocycles. The SMILES string of the molecule is Cc1cc(OCC(=O)Nc2nnc(SCc3ccccc3Cl)s2)ccc1Cl. The van der Waals surface area contributed by atoms with E-state index in [0.717, 1.165) is 20.5 Å². The third kappa shape index (κ3) is 5.84. The van der Waals surface area contributed by atoms with Gasteiger partial charge in [0.25, 0.3) is 5.91 Å². The lowest BCUT2D eigenvalue weighted by molar-refractivity contribution is -0.118. The normalized spacial score (nSPS) is 10.6. The Bertz CT molecular complexity index is 950. The number of ether oxygens (including phenoxy) is 1. The number of carbonyl (C=O) groups is 1. The van der Waals surface area contributed by atoms with Gasteiger partial charge < -0.3 is 4.74 Å². The largest absolute Gasteiger partial charge is 0.484 e. The van der Waals surface area contributed by atoms with E-state index in [1.807, 2.05) is 31.2 Å². The Labute approximate surface area is 175 Å². The van der Waals surface area contributed by atoms with Crippen LogP contribution >= 0.6 is 46.3 Å². The maximum absolute atomic E-state index is 12.0. The van der Waals surface area contributed by atoms with Crippen molar-refractivity contribution in [2.24, 2.45) is 0 Å². The molecule has 0 aliphatic heterocycles. The van der Waals surface area contributed by atoms with E-state index in [9.17, 15) is 4.79 Å². The molecule has 140 valence electrons. The second-order valence-corrected chi connectivity index (χ2v) is 8.52. The molecule has 0 spiro atoms. The van der Waals surface area contributed by atoms with Gasteiger partial charge in [0.05, 0.1) is 0 Å². The van der Waals surface area contributed by atoms with Crippen molar-refractivity contribution >= 4 is 57.3 Å². The van der Waals surface area contributed by atoms with Gasteiger partial charge in [0.15, 0.2) is 10.9 Å². The summed E-state index contributed by atoms with van der Waals surface area (Å²) in [5.41, 5.74) is 1.91. The number of benzene rings is 2. The van der Waals surface area contributed by atoms with E-state index in [1.165, 1.54) is 23.1 Å². The molecular formula is C18H15Cl2N3O2S2. The van der Waals surface area contributed by atoms with Crippen LogP contribution in [0.1, 0.15) is 11.1 Å². The fraction of sp³-hybridized carbons (Fsp3) is 0.167. The third-order valence-electron chi connectivity index (χ3n) is 3.46. The van der Waals surface area contributed by atoms with E-state index in [1.54, 1.807) is 18.2 Å². The van der Waals surface area contributed by atoms with Crippen LogP contribution in [0.4, 0.5) is 5.13 Å². The summed E-state index contributed by atoms with van der Waals surface area (Å²) in [6, 6.07) is 12.9. The van der Waals surface area contributed by atoms with Crippen LogP contribution in [0.2, 0.25) is 10.0 Å². The molecule has 0 bridgehead atoms. The monoisotopic (exact) mass is 439 g/mol. The zero-order valence-electron chi connectivity index (χ0n) is 14.2. The number of carbonyl (C=O) groups excluding carboxylic acids is 1. The number of hydrogen-bond donors (Lipinski definition) is 1. The molecule has 3 aromatic rings. The van der Waals surface area contributed by atoms with Crippen molar-refractivity contribution in [2.75, 3.05) is 11.9 Å². The number of rotatable bonds is 7. The zero-order chi connectivity index (χ0) is 19.2. The molecule has 1 amide bonds. The molecule has 2 aromatic carbocycles. The standard InChI is InChI=1S/C18H15Cl2N3O2S2/c1-11-8-13(6-7-14(11)19)25-9-16(24)21-17-22-23-18(27-17)26-10-12-4-2-3-5-15(12)20/h2-8H,9-10H2,1H3,(H,21,22,24). The summed E-state index contributed by atoms with van der Waals surface area (Å²) < 4.78 is 6.22. The van der Waals surface area contributed by atoms with Crippen LogP contribution in [0, 0.1) is 6.92 Å². The molecule has 9 heteroatoms. The quantitative estimate of drug-likeness (QED) is 0.390. The molecule has 0 fully saturated rings.